The van der Waals surface area contributed by atoms with Gasteiger partial charge in [0.05, 0.1) is 0 Å². The molecule has 0 aliphatic carbocycles. The first-order valence-electron chi connectivity index (χ1n) is 4.52. The Morgan fingerprint density at radius 2 is 2.50 bits per heavy atom. The third-order valence-corrected chi connectivity index (χ3v) is 2.04. The van der Waals surface area contributed by atoms with Gasteiger partial charge in [-0.3, -0.25) is 0 Å². The molecule has 0 radical (unpaired) electrons. The maximum absolute atomic E-state index is 11.2. The van der Waals surface area contributed by atoms with E-state index in [1.165, 1.54) is 0 Å². The Hall–Kier alpha value is -0.770. The monoisotopic (exact) mass is 171 g/mol. The SMILES string of the molecule is CCCCN1CC(N)CNC1=O. The van der Waals surface area contributed by atoms with Crippen molar-refractivity contribution in [2.45, 2.75) is 25.8 Å². The topological polar surface area (TPSA) is 58.4 Å². The predicted molar refractivity (Wildman–Crippen MR) is 47.9 cm³/mol. The molecule has 0 aromatic heterocycles. The summed E-state index contributed by atoms with van der Waals surface area (Å²) < 4.78 is 0. The van der Waals surface area contributed by atoms with E-state index in [1.807, 2.05) is 0 Å². The molecule has 4 heteroatoms. The molecule has 12 heavy (non-hydrogen) atoms. The molecule has 0 bridgehead atoms. The fourth-order valence-electron chi connectivity index (χ4n) is 1.30. The number of carbonyl (C=O) groups excluding carboxylic acids is 1. The maximum Gasteiger partial charge on any atom is 0.317 e. The van der Waals surface area contributed by atoms with E-state index in [-0.39, 0.29) is 12.1 Å². The molecule has 1 aliphatic heterocycles. The van der Waals surface area contributed by atoms with Gasteiger partial charge in [-0.1, -0.05) is 13.3 Å². The zero-order valence-electron chi connectivity index (χ0n) is 7.55. The molecule has 0 aromatic rings. The van der Waals surface area contributed by atoms with E-state index in [4.69, 9.17) is 5.73 Å². The minimum absolute atomic E-state index is 0.0325. The van der Waals surface area contributed by atoms with Crippen LogP contribution < -0.4 is 11.1 Å². The molecule has 1 saturated heterocycles. The molecule has 2 amide bonds. The van der Waals surface area contributed by atoms with Crippen LogP contribution in [0.1, 0.15) is 19.8 Å². The van der Waals surface area contributed by atoms with Crippen LogP contribution in [-0.2, 0) is 0 Å². The Balaban J connectivity index is 2.33. The summed E-state index contributed by atoms with van der Waals surface area (Å²) in [5.74, 6) is 0. The van der Waals surface area contributed by atoms with E-state index < -0.39 is 0 Å². The molecule has 0 aromatic carbocycles. The average Bonchev–Trinajstić information content (AvgIpc) is 2.07. The highest BCUT2D eigenvalue weighted by Crippen LogP contribution is 2.00. The summed E-state index contributed by atoms with van der Waals surface area (Å²) >= 11 is 0. The van der Waals surface area contributed by atoms with Gasteiger partial charge in [0.1, 0.15) is 0 Å². The molecule has 0 saturated carbocycles. The van der Waals surface area contributed by atoms with E-state index in [0.29, 0.717) is 13.1 Å². The lowest BCUT2D eigenvalue weighted by Crippen LogP contribution is -2.56. The van der Waals surface area contributed by atoms with Gasteiger partial charge in [0, 0.05) is 25.7 Å². The second-order valence-electron chi connectivity index (χ2n) is 3.25. The van der Waals surface area contributed by atoms with Gasteiger partial charge >= 0.3 is 6.03 Å². The normalized spacial score (nSPS) is 24.0. The van der Waals surface area contributed by atoms with E-state index in [1.54, 1.807) is 4.90 Å². The second kappa shape index (κ2) is 4.30. The molecule has 1 atom stereocenters. The summed E-state index contributed by atoms with van der Waals surface area (Å²) in [6.07, 6.45) is 2.17. The van der Waals surface area contributed by atoms with Crippen LogP contribution in [0.4, 0.5) is 4.79 Å². The number of rotatable bonds is 3. The zero-order chi connectivity index (χ0) is 8.97. The van der Waals surface area contributed by atoms with E-state index in [0.717, 1.165) is 19.4 Å². The number of nitrogens with one attached hydrogen (secondary N) is 1. The molecular formula is C8H17N3O. The van der Waals surface area contributed by atoms with Crippen LogP contribution in [0.15, 0.2) is 0 Å². The Bertz CT molecular complexity index is 160. The van der Waals surface area contributed by atoms with Gasteiger partial charge in [0.25, 0.3) is 0 Å². The van der Waals surface area contributed by atoms with Gasteiger partial charge in [0.2, 0.25) is 0 Å². The van der Waals surface area contributed by atoms with Crippen LogP contribution in [0.3, 0.4) is 0 Å². The first-order valence-corrected chi connectivity index (χ1v) is 4.52. The highest BCUT2D eigenvalue weighted by atomic mass is 16.2. The Morgan fingerprint density at radius 1 is 1.75 bits per heavy atom. The molecule has 3 N–H and O–H groups in total. The summed E-state index contributed by atoms with van der Waals surface area (Å²) in [5.41, 5.74) is 5.70. The number of hydrogen-bond acceptors (Lipinski definition) is 2. The maximum atomic E-state index is 11.2. The fraction of sp³-hybridized carbons (Fsp3) is 0.875. The van der Waals surface area contributed by atoms with E-state index >= 15 is 0 Å². The largest absolute Gasteiger partial charge is 0.336 e. The average molecular weight is 171 g/mol. The van der Waals surface area contributed by atoms with Crippen molar-refractivity contribution >= 4 is 6.03 Å². The van der Waals surface area contributed by atoms with Crippen molar-refractivity contribution in [3.63, 3.8) is 0 Å². The molecular weight excluding hydrogens is 154 g/mol. The third-order valence-electron chi connectivity index (χ3n) is 2.04. The Morgan fingerprint density at radius 3 is 3.17 bits per heavy atom. The molecule has 1 unspecified atom stereocenters. The number of unbranched alkanes of at least 4 members (excludes halogenated alkanes) is 1. The lowest BCUT2D eigenvalue weighted by atomic mass is 10.2. The summed E-state index contributed by atoms with van der Waals surface area (Å²) in [6.45, 7) is 4.26. The zero-order valence-corrected chi connectivity index (χ0v) is 7.55. The number of hydrogen-bond donors (Lipinski definition) is 2. The molecule has 0 spiro atoms. The summed E-state index contributed by atoms with van der Waals surface area (Å²) in [5, 5.41) is 2.75. The van der Waals surface area contributed by atoms with Crippen molar-refractivity contribution < 1.29 is 4.79 Å². The van der Waals surface area contributed by atoms with Crippen LogP contribution in [-0.4, -0.2) is 36.6 Å². The van der Waals surface area contributed by atoms with Crippen molar-refractivity contribution in [1.82, 2.24) is 10.2 Å². The Labute approximate surface area is 73.1 Å². The minimum Gasteiger partial charge on any atom is -0.336 e. The quantitative estimate of drug-likeness (QED) is 0.634. The van der Waals surface area contributed by atoms with Crippen molar-refractivity contribution in [2.24, 2.45) is 5.73 Å². The van der Waals surface area contributed by atoms with Crippen LogP contribution >= 0.6 is 0 Å². The van der Waals surface area contributed by atoms with Crippen LogP contribution in [0, 0.1) is 0 Å². The molecule has 70 valence electrons. The van der Waals surface area contributed by atoms with Gasteiger partial charge < -0.3 is 16.0 Å². The fourth-order valence-corrected chi connectivity index (χ4v) is 1.30. The van der Waals surface area contributed by atoms with Crippen LogP contribution in [0.2, 0.25) is 0 Å². The predicted octanol–water partition coefficient (Wildman–Crippen LogP) is 0.139. The van der Waals surface area contributed by atoms with Crippen molar-refractivity contribution in [1.29, 1.82) is 0 Å². The Kier molecular flexibility index (Phi) is 3.34. The smallest absolute Gasteiger partial charge is 0.317 e. The number of nitrogens with two attached hydrogens (primary N) is 1. The summed E-state index contributed by atoms with van der Waals surface area (Å²) in [7, 11) is 0. The molecule has 1 heterocycles. The highest BCUT2D eigenvalue weighted by Gasteiger charge is 2.21. The van der Waals surface area contributed by atoms with Gasteiger partial charge in [-0.25, -0.2) is 4.79 Å². The summed E-state index contributed by atoms with van der Waals surface area (Å²) in [6, 6.07) is 0.129. The lowest BCUT2D eigenvalue weighted by Gasteiger charge is -2.31. The lowest BCUT2D eigenvalue weighted by molar-refractivity contribution is 0.179. The van der Waals surface area contributed by atoms with Gasteiger partial charge in [-0.05, 0) is 6.42 Å². The molecule has 1 fully saturated rings. The highest BCUT2D eigenvalue weighted by molar-refractivity contribution is 5.75. The number of amides is 2. The third kappa shape index (κ3) is 2.37. The molecule has 1 aliphatic rings. The van der Waals surface area contributed by atoms with Crippen molar-refractivity contribution in [2.75, 3.05) is 19.6 Å². The number of carbonyl (C=O) groups is 1. The van der Waals surface area contributed by atoms with Crippen LogP contribution in [0.5, 0.6) is 0 Å². The van der Waals surface area contributed by atoms with Crippen molar-refractivity contribution in [3.05, 3.63) is 0 Å². The first kappa shape index (κ1) is 9.32. The van der Waals surface area contributed by atoms with Crippen LogP contribution in [0.25, 0.3) is 0 Å². The summed E-state index contributed by atoms with van der Waals surface area (Å²) in [4.78, 5) is 13.0. The van der Waals surface area contributed by atoms with Gasteiger partial charge in [-0.15, -0.1) is 0 Å². The standard InChI is InChI=1S/C8H17N3O/c1-2-3-4-11-6-7(9)5-10-8(11)12/h7H,2-6,9H2,1H3,(H,10,12). The molecule has 1 rings (SSSR count). The van der Waals surface area contributed by atoms with E-state index in [9.17, 15) is 4.79 Å². The number of nitrogens with zero attached hydrogens (tertiary/aromatic N) is 1. The minimum atomic E-state index is 0.0325. The van der Waals surface area contributed by atoms with Gasteiger partial charge in [-0.2, -0.15) is 0 Å². The first-order chi connectivity index (χ1) is 5.74. The molecule has 4 nitrogen and oxygen atoms in total. The van der Waals surface area contributed by atoms with Gasteiger partial charge in [0.15, 0.2) is 0 Å². The second-order valence-corrected chi connectivity index (χ2v) is 3.25. The number of urea groups is 1. The van der Waals surface area contributed by atoms with E-state index in [2.05, 4.69) is 12.2 Å². The van der Waals surface area contributed by atoms with Crippen molar-refractivity contribution in [3.8, 4) is 0 Å².